The largest absolute Gasteiger partial charge is 0.298 e. The van der Waals surface area contributed by atoms with Crippen molar-refractivity contribution in [2.45, 2.75) is 0 Å². The van der Waals surface area contributed by atoms with Crippen molar-refractivity contribution in [3.63, 3.8) is 0 Å². The number of benzene rings is 3. The highest BCUT2D eigenvalue weighted by molar-refractivity contribution is 6.34. The molecule has 0 spiro atoms. The summed E-state index contributed by atoms with van der Waals surface area (Å²) in [5, 5.41) is 4.73. The molecule has 0 saturated heterocycles. The number of halogens is 1. The van der Waals surface area contributed by atoms with Crippen LogP contribution >= 0.6 is 11.6 Å². The van der Waals surface area contributed by atoms with Crippen molar-refractivity contribution >= 4 is 39.4 Å². The summed E-state index contributed by atoms with van der Waals surface area (Å²) in [4.78, 5) is 11.1. The fraction of sp³-hybridized carbons (Fsp3) is 0. The van der Waals surface area contributed by atoms with E-state index in [-0.39, 0.29) is 0 Å². The van der Waals surface area contributed by atoms with Crippen LogP contribution in [0, 0.1) is 0 Å². The lowest BCUT2D eigenvalue weighted by atomic mass is 10.0. The van der Waals surface area contributed by atoms with E-state index in [4.69, 9.17) is 11.6 Å². The Hall–Kier alpha value is -1.86. The van der Waals surface area contributed by atoms with Crippen molar-refractivity contribution in [1.82, 2.24) is 0 Å². The van der Waals surface area contributed by atoms with Crippen LogP contribution in [0.15, 0.2) is 48.5 Å². The number of fused-ring (bicyclic) bond motifs is 2. The zero-order chi connectivity index (χ0) is 11.8. The molecule has 0 heterocycles. The first-order valence-electron chi connectivity index (χ1n) is 5.36. The summed E-state index contributed by atoms with van der Waals surface area (Å²) in [5.74, 6) is 0. The van der Waals surface area contributed by atoms with Gasteiger partial charge in [0.1, 0.15) is 0 Å². The van der Waals surface area contributed by atoms with Gasteiger partial charge in [0.2, 0.25) is 0 Å². The summed E-state index contributed by atoms with van der Waals surface area (Å²) in [5.41, 5.74) is 0.565. The highest BCUT2D eigenvalue weighted by Gasteiger charge is 2.06. The van der Waals surface area contributed by atoms with Gasteiger partial charge in [0.05, 0.1) is 5.02 Å². The van der Waals surface area contributed by atoms with Crippen molar-refractivity contribution in [2.24, 2.45) is 0 Å². The van der Waals surface area contributed by atoms with Crippen molar-refractivity contribution in [3.8, 4) is 0 Å². The molecule has 3 aromatic carbocycles. The van der Waals surface area contributed by atoms with E-state index in [0.29, 0.717) is 10.6 Å². The van der Waals surface area contributed by atoms with Gasteiger partial charge < -0.3 is 0 Å². The molecule has 0 unspecified atom stereocenters. The molecule has 0 fully saturated rings. The average Bonchev–Trinajstić information content (AvgIpc) is 2.36. The minimum atomic E-state index is 0.503. The van der Waals surface area contributed by atoms with Crippen LogP contribution in [0.3, 0.4) is 0 Å². The minimum absolute atomic E-state index is 0.503. The second kappa shape index (κ2) is 3.86. The SMILES string of the molecule is O=Cc1c(Cl)ccc2cc3ccccc3cc12. The Labute approximate surface area is 104 Å². The Morgan fingerprint density at radius 2 is 1.59 bits per heavy atom. The normalized spacial score (nSPS) is 10.9. The van der Waals surface area contributed by atoms with Gasteiger partial charge in [0, 0.05) is 5.56 Å². The van der Waals surface area contributed by atoms with E-state index in [9.17, 15) is 4.79 Å². The van der Waals surface area contributed by atoms with E-state index in [1.165, 1.54) is 5.39 Å². The molecule has 82 valence electrons. The van der Waals surface area contributed by atoms with Gasteiger partial charge in [-0.15, -0.1) is 0 Å². The first-order valence-corrected chi connectivity index (χ1v) is 5.73. The molecule has 3 rings (SSSR count). The zero-order valence-electron chi connectivity index (χ0n) is 8.98. The number of hydrogen-bond acceptors (Lipinski definition) is 1. The molecule has 1 nitrogen and oxygen atoms in total. The molecule has 0 amide bonds. The summed E-state index contributed by atoms with van der Waals surface area (Å²) >= 11 is 6.02. The van der Waals surface area contributed by atoms with Crippen molar-refractivity contribution < 1.29 is 4.79 Å². The van der Waals surface area contributed by atoms with E-state index in [0.717, 1.165) is 22.4 Å². The molecular weight excluding hydrogens is 232 g/mol. The Kier molecular flexibility index (Phi) is 2.34. The van der Waals surface area contributed by atoms with Gasteiger partial charge in [-0.1, -0.05) is 41.9 Å². The second-order valence-electron chi connectivity index (χ2n) is 4.00. The monoisotopic (exact) mass is 240 g/mol. The molecule has 0 saturated carbocycles. The first-order chi connectivity index (χ1) is 8.29. The number of aldehydes is 1. The number of carbonyl (C=O) groups excluding carboxylic acids is 1. The molecule has 17 heavy (non-hydrogen) atoms. The van der Waals surface area contributed by atoms with Gasteiger partial charge in [0.25, 0.3) is 0 Å². The third-order valence-corrected chi connectivity index (χ3v) is 3.32. The molecule has 0 aliphatic rings. The highest BCUT2D eigenvalue weighted by Crippen LogP contribution is 2.28. The molecule has 0 radical (unpaired) electrons. The average molecular weight is 241 g/mol. The maximum Gasteiger partial charge on any atom is 0.152 e. The fourth-order valence-electron chi connectivity index (χ4n) is 2.13. The van der Waals surface area contributed by atoms with Gasteiger partial charge >= 0.3 is 0 Å². The van der Waals surface area contributed by atoms with Gasteiger partial charge in [-0.05, 0) is 39.7 Å². The molecule has 2 heteroatoms. The number of hydrogen-bond donors (Lipinski definition) is 0. The van der Waals surface area contributed by atoms with Crippen LogP contribution in [0.2, 0.25) is 5.02 Å². The van der Waals surface area contributed by atoms with E-state index in [1.54, 1.807) is 6.07 Å². The van der Waals surface area contributed by atoms with E-state index in [2.05, 4.69) is 12.1 Å². The minimum Gasteiger partial charge on any atom is -0.298 e. The predicted molar refractivity (Wildman–Crippen MR) is 71.9 cm³/mol. The lowest BCUT2D eigenvalue weighted by Gasteiger charge is -2.05. The molecular formula is C15H9ClO. The zero-order valence-corrected chi connectivity index (χ0v) is 9.74. The fourth-order valence-corrected chi connectivity index (χ4v) is 2.34. The first kappa shape index (κ1) is 10.3. The van der Waals surface area contributed by atoms with Gasteiger partial charge in [0.15, 0.2) is 6.29 Å². The van der Waals surface area contributed by atoms with Crippen molar-refractivity contribution in [2.75, 3.05) is 0 Å². The molecule has 3 aromatic rings. The standard InChI is InChI=1S/C15H9ClO/c16-15-6-5-12-7-10-3-1-2-4-11(10)8-13(12)14(15)9-17/h1-9H. The van der Waals surface area contributed by atoms with Crippen LogP contribution in [0.4, 0.5) is 0 Å². The third-order valence-electron chi connectivity index (χ3n) is 2.99. The number of carbonyl (C=O) groups is 1. The van der Waals surface area contributed by atoms with Crippen LogP contribution in [-0.2, 0) is 0 Å². The smallest absolute Gasteiger partial charge is 0.152 e. The van der Waals surface area contributed by atoms with Crippen LogP contribution < -0.4 is 0 Å². The maximum absolute atomic E-state index is 11.1. The van der Waals surface area contributed by atoms with Gasteiger partial charge in [-0.3, -0.25) is 4.79 Å². The topological polar surface area (TPSA) is 17.1 Å². The Morgan fingerprint density at radius 1 is 0.882 bits per heavy atom. The summed E-state index contributed by atoms with van der Waals surface area (Å²) < 4.78 is 0. The van der Waals surface area contributed by atoms with Crippen LogP contribution in [0.25, 0.3) is 21.5 Å². The molecule has 0 aromatic heterocycles. The summed E-state index contributed by atoms with van der Waals surface area (Å²) in [6, 6.07) is 15.9. The Morgan fingerprint density at radius 3 is 2.29 bits per heavy atom. The van der Waals surface area contributed by atoms with Crippen LogP contribution in [0.5, 0.6) is 0 Å². The van der Waals surface area contributed by atoms with E-state index < -0.39 is 0 Å². The summed E-state index contributed by atoms with van der Waals surface area (Å²) in [7, 11) is 0. The van der Waals surface area contributed by atoms with E-state index >= 15 is 0 Å². The second-order valence-corrected chi connectivity index (χ2v) is 4.41. The molecule has 0 N–H and O–H groups in total. The van der Waals surface area contributed by atoms with Gasteiger partial charge in [-0.25, -0.2) is 0 Å². The van der Waals surface area contributed by atoms with Crippen molar-refractivity contribution in [3.05, 3.63) is 59.1 Å². The Bertz CT molecular complexity index is 731. The lowest BCUT2D eigenvalue weighted by Crippen LogP contribution is -1.86. The molecule has 0 aliphatic carbocycles. The van der Waals surface area contributed by atoms with E-state index in [1.807, 2.05) is 30.3 Å². The lowest BCUT2D eigenvalue weighted by molar-refractivity contribution is 0.112. The number of rotatable bonds is 1. The summed E-state index contributed by atoms with van der Waals surface area (Å²) in [6.45, 7) is 0. The quantitative estimate of drug-likeness (QED) is 0.453. The highest BCUT2D eigenvalue weighted by atomic mass is 35.5. The van der Waals surface area contributed by atoms with Crippen LogP contribution in [-0.4, -0.2) is 6.29 Å². The molecule has 0 bridgehead atoms. The maximum atomic E-state index is 11.1. The predicted octanol–water partition coefficient (Wildman–Crippen LogP) is 4.46. The summed E-state index contributed by atoms with van der Waals surface area (Å²) in [6.07, 6.45) is 0.819. The molecule has 0 atom stereocenters. The third kappa shape index (κ3) is 1.60. The molecule has 0 aliphatic heterocycles. The van der Waals surface area contributed by atoms with Crippen LogP contribution in [0.1, 0.15) is 10.4 Å². The Balaban J connectivity index is 2.52. The van der Waals surface area contributed by atoms with Gasteiger partial charge in [-0.2, -0.15) is 0 Å². The van der Waals surface area contributed by atoms with Crippen molar-refractivity contribution in [1.29, 1.82) is 0 Å².